The monoisotopic (exact) mass is 425 g/mol. The molecule has 0 radical (unpaired) electrons. The number of rotatable bonds is 6. The van der Waals surface area contributed by atoms with Crippen LogP contribution in [0.5, 0.6) is 0 Å². The lowest BCUT2D eigenvalue weighted by atomic mass is 9.95. The summed E-state index contributed by atoms with van der Waals surface area (Å²) in [6.07, 6.45) is 4.68. The number of benzene rings is 2. The molecule has 0 saturated heterocycles. The van der Waals surface area contributed by atoms with Crippen LogP contribution >= 0.6 is 0 Å². The maximum atomic E-state index is 12.8. The van der Waals surface area contributed by atoms with Crippen LogP contribution in [0, 0.1) is 13.8 Å². The molecule has 1 aliphatic heterocycles. The van der Waals surface area contributed by atoms with Crippen molar-refractivity contribution in [3.8, 4) is 0 Å². The molecular formula is C25H31NO3S. The first-order valence-electron chi connectivity index (χ1n) is 10.3. The van der Waals surface area contributed by atoms with E-state index >= 15 is 0 Å². The zero-order chi connectivity index (χ0) is 22.1. The Morgan fingerprint density at radius 3 is 2.10 bits per heavy atom. The second-order valence-corrected chi connectivity index (χ2v) is 11.8. The molecule has 0 N–H and O–H groups in total. The van der Waals surface area contributed by atoms with Gasteiger partial charge in [0.25, 0.3) is 0 Å². The number of sulfone groups is 1. The molecular weight excluding hydrogens is 394 g/mol. The molecule has 0 amide bonds. The SMILES string of the molecule is Cc1c(CC(=O)c2ccc(CS(=O)(=O)C(C)(C)C)cc2)ccc(N2CC=CC2)c1C. The molecule has 160 valence electrons. The summed E-state index contributed by atoms with van der Waals surface area (Å²) in [5, 5.41) is 0. The molecule has 0 bridgehead atoms. The van der Waals surface area contributed by atoms with Crippen molar-refractivity contribution in [3.05, 3.63) is 76.4 Å². The predicted octanol–water partition coefficient (Wildman–Crippen LogP) is 4.82. The molecule has 0 unspecified atom stereocenters. The van der Waals surface area contributed by atoms with E-state index in [1.165, 1.54) is 11.3 Å². The fourth-order valence-electron chi connectivity index (χ4n) is 3.57. The van der Waals surface area contributed by atoms with E-state index in [0.717, 1.165) is 24.2 Å². The van der Waals surface area contributed by atoms with Crippen molar-refractivity contribution in [1.29, 1.82) is 0 Å². The van der Waals surface area contributed by atoms with Crippen molar-refractivity contribution in [2.75, 3.05) is 18.0 Å². The van der Waals surface area contributed by atoms with E-state index in [0.29, 0.717) is 17.5 Å². The van der Waals surface area contributed by atoms with E-state index in [1.807, 2.05) is 0 Å². The number of ketones is 1. The lowest BCUT2D eigenvalue weighted by Crippen LogP contribution is -2.29. The Hall–Kier alpha value is -2.40. The maximum Gasteiger partial charge on any atom is 0.167 e. The van der Waals surface area contributed by atoms with E-state index in [4.69, 9.17) is 0 Å². The van der Waals surface area contributed by atoms with Gasteiger partial charge in [-0.3, -0.25) is 4.79 Å². The summed E-state index contributed by atoms with van der Waals surface area (Å²) < 4.78 is 24.0. The Morgan fingerprint density at radius 1 is 0.933 bits per heavy atom. The maximum absolute atomic E-state index is 12.8. The molecule has 4 nitrogen and oxygen atoms in total. The summed E-state index contributed by atoms with van der Waals surface area (Å²) in [5.41, 5.74) is 5.94. The molecule has 5 heteroatoms. The second kappa shape index (κ2) is 8.38. The minimum absolute atomic E-state index is 0.0178. The van der Waals surface area contributed by atoms with Crippen LogP contribution in [-0.2, 0) is 22.0 Å². The quantitative estimate of drug-likeness (QED) is 0.492. The fourth-order valence-corrected chi connectivity index (χ4v) is 4.63. The van der Waals surface area contributed by atoms with Gasteiger partial charge >= 0.3 is 0 Å². The largest absolute Gasteiger partial charge is 0.364 e. The van der Waals surface area contributed by atoms with Crippen LogP contribution in [0.2, 0.25) is 0 Å². The lowest BCUT2D eigenvalue weighted by molar-refractivity contribution is 0.0992. The number of carbonyl (C=O) groups excluding carboxylic acids is 1. The van der Waals surface area contributed by atoms with Crippen molar-refractivity contribution in [1.82, 2.24) is 0 Å². The van der Waals surface area contributed by atoms with Crippen LogP contribution in [0.1, 0.15) is 53.4 Å². The van der Waals surface area contributed by atoms with E-state index in [9.17, 15) is 13.2 Å². The van der Waals surface area contributed by atoms with E-state index in [-0.39, 0.29) is 11.5 Å². The van der Waals surface area contributed by atoms with Gasteiger partial charge in [0.1, 0.15) is 0 Å². The van der Waals surface area contributed by atoms with Gasteiger partial charge in [0.2, 0.25) is 0 Å². The molecule has 0 aromatic heterocycles. The first-order chi connectivity index (χ1) is 14.0. The first kappa shape index (κ1) is 22.3. The van der Waals surface area contributed by atoms with E-state index in [1.54, 1.807) is 45.0 Å². The molecule has 2 aromatic carbocycles. The minimum atomic E-state index is -3.25. The van der Waals surface area contributed by atoms with Gasteiger partial charge in [0.05, 0.1) is 10.5 Å². The molecule has 1 aliphatic rings. The number of carbonyl (C=O) groups is 1. The highest BCUT2D eigenvalue weighted by Gasteiger charge is 2.29. The van der Waals surface area contributed by atoms with Gasteiger partial charge in [-0.1, -0.05) is 42.5 Å². The topological polar surface area (TPSA) is 54.5 Å². The van der Waals surface area contributed by atoms with Gasteiger partial charge < -0.3 is 4.90 Å². The predicted molar refractivity (Wildman–Crippen MR) is 124 cm³/mol. The van der Waals surface area contributed by atoms with Crippen LogP contribution in [0.15, 0.2) is 48.6 Å². The third-order valence-corrected chi connectivity index (χ3v) is 8.53. The smallest absolute Gasteiger partial charge is 0.167 e. The fraction of sp³-hybridized carbons (Fsp3) is 0.400. The Bertz CT molecular complexity index is 1070. The Kier molecular flexibility index (Phi) is 6.23. The van der Waals surface area contributed by atoms with Crippen LogP contribution in [0.25, 0.3) is 0 Å². The standard InChI is InChI=1S/C25H31NO3S/c1-18-19(2)23(26-14-6-7-15-26)13-12-22(18)16-24(27)21-10-8-20(9-11-21)17-30(28,29)25(3,4)5/h6-13H,14-17H2,1-5H3. The van der Waals surface area contributed by atoms with Crippen LogP contribution in [0.3, 0.4) is 0 Å². The lowest BCUT2D eigenvalue weighted by Gasteiger charge is -2.22. The highest BCUT2D eigenvalue weighted by Crippen LogP contribution is 2.28. The Morgan fingerprint density at radius 2 is 1.53 bits per heavy atom. The zero-order valence-corrected chi connectivity index (χ0v) is 19.3. The van der Waals surface area contributed by atoms with Gasteiger partial charge in [0, 0.05) is 30.8 Å². The van der Waals surface area contributed by atoms with Gasteiger partial charge in [0.15, 0.2) is 15.6 Å². The summed E-state index contributed by atoms with van der Waals surface area (Å²) >= 11 is 0. The molecule has 0 saturated carbocycles. The summed E-state index contributed by atoms with van der Waals surface area (Å²) in [7, 11) is -3.25. The van der Waals surface area contributed by atoms with Crippen LogP contribution in [-0.4, -0.2) is 32.0 Å². The van der Waals surface area contributed by atoms with Crippen molar-refractivity contribution in [2.24, 2.45) is 0 Å². The average molecular weight is 426 g/mol. The highest BCUT2D eigenvalue weighted by molar-refractivity contribution is 7.91. The summed E-state index contributed by atoms with van der Waals surface area (Å²) in [6, 6.07) is 11.1. The van der Waals surface area contributed by atoms with E-state index in [2.05, 4.69) is 43.0 Å². The minimum Gasteiger partial charge on any atom is -0.364 e. The summed E-state index contributed by atoms with van der Waals surface area (Å²) in [4.78, 5) is 15.2. The molecule has 30 heavy (non-hydrogen) atoms. The first-order valence-corrected chi connectivity index (χ1v) is 12.0. The van der Waals surface area contributed by atoms with Gasteiger partial charge in [-0.25, -0.2) is 8.42 Å². The second-order valence-electron chi connectivity index (χ2n) is 9.04. The van der Waals surface area contributed by atoms with Crippen molar-refractivity contribution in [3.63, 3.8) is 0 Å². The average Bonchev–Trinajstić information content (AvgIpc) is 3.19. The molecule has 2 aromatic rings. The van der Waals surface area contributed by atoms with Crippen molar-refractivity contribution in [2.45, 2.75) is 51.5 Å². The molecule has 0 fully saturated rings. The van der Waals surface area contributed by atoms with E-state index < -0.39 is 14.6 Å². The molecule has 3 rings (SSSR count). The molecule has 0 aliphatic carbocycles. The Labute approximate surface area is 180 Å². The highest BCUT2D eigenvalue weighted by atomic mass is 32.2. The number of nitrogens with zero attached hydrogens (tertiary/aromatic N) is 1. The number of anilines is 1. The number of Topliss-reactive ketones (excluding diaryl/α,β-unsaturated/α-hetero) is 1. The Balaban J connectivity index is 1.73. The number of hydrogen-bond acceptors (Lipinski definition) is 4. The third-order valence-electron chi connectivity index (χ3n) is 5.95. The van der Waals surface area contributed by atoms with Crippen LogP contribution < -0.4 is 4.90 Å². The van der Waals surface area contributed by atoms with Gasteiger partial charge in [-0.2, -0.15) is 0 Å². The third kappa shape index (κ3) is 4.67. The van der Waals surface area contributed by atoms with Crippen molar-refractivity contribution < 1.29 is 13.2 Å². The molecule has 1 heterocycles. The van der Waals surface area contributed by atoms with Crippen molar-refractivity contribution >= 4 is 21.3 Å². The zero-order valence-electron chi connectivity index (χ0n) is 18.5. The van der Waals surface area contributed by atoms with Gasteiger partial charge in [-0.15, -0.1) is 0 Å². The molecule has 0 atom stereocenters. The van der Waals surface area contributed by atoms with Crippen LogP contribution in [0.4, 0.5) is 5.69 Å². The summed E-state index contributed by atoms with van der Waals surface area (Å²) in [6.45, 7) is 11.2. The summed E-state index contributed by atoms with van der Waals surface area (Å²) in [5.74, 6) is 0.0223. The molecule has 0 spiro atoms. The number of hydrogen-bond donors (Lipinski definition) is 0. The normalized spacial score (nSPS) is 14.4. The van der Waals surface area contributed by atoms with Gasteiger partial charge in [-0.05, 0) is 62.9 Å².